The van der Waals surface area contributed by atoms with Gasteiger partial charge in [0, 0.05) is 19.7 Å². The first-order chi connectivity index (χ1) is 7.67. The average Bonchev–Trinajstić information content (AvgIpc) is 2.63. The Labute approximate surface area is 97.1 Å². The lowest BCUT2D eigenvalue weighted by Crippen LogP contribution is -2.51. The minimum atomic E-state index is -0.0646. The third-order valence-corrected chi connectivity index (χ3v) is 4.14. The van der Waals surface area contributed by atoms with Crippen LogP contribution in [0.4, 0.5) is 0 Å². The molecule has 2 aliphatic rings. The molecule has 1 saturated heterocycles. The minimum Gasteiger partial charge on any atom is -0.376 e. The molecule has 2 N–H and O–H groups in total. The summed E-state index contributed by atoms with van der Waals surface area (Å²) in [6.07, 6.45) is 4.31. The topological polar surface area (TPSA) is 50.4 Å². The molecule has 1 amide bonds. The number of nitrogens with one attached hydrogen (secondary N) is 2. The highest BCUT2D eigenvalue weighted by Gasteiger charge is 2.38. The summed E-state index contributed by atoms with van der Waals surface area (Å²) in [4.78, 5) is 12.0. The van der Waals surface area contributed by atoms with Crippen molar-refractivity contribution in [3.8, 4) is 0 Å². The summed E-state index contributed by atoms with van der Waals surface area (Å²) in [6.45, 7) is 3.70. The third-order valence-electron chi connectivity index (χ3n) is 4.14. The average molecular weight is 226 g/mol. The van der Waals surface area contributed by atoms with Crippen molar-refractivity contribution in [2.45, 2.75) is 44.2 Å². The number of methoxy groups -OCH3 is 1. The summed E-state index contributed by atoms with van der Waals surface area (Å²) >= 11 is 0. The molecule has 0 aromatic heterocycles. The number of hydrogen-bond donors (Lipinski definition) is 2. The Balaban J connectivity index is 1.79. The second-order valence-corrected chi connectivity index (χ2v) is 5.10. The van der Waals surface area contributed by atoms with E-state index >= 15 is 0 Å². The smallest absolute Gasteiger partial charge is 0.224 e. The second kappa shape index (κ2) is 4.72. The molecule has 2 rings (SSSR count). The Bertz CT molecular complexity index is 258. The minimum absolute atomic E-state index is 0.0646. The highest BCUT2D eigenvalue weighted by Crippen LogP contribution is 2.34. The summed E-state index contributed by atoms with van der Waals surface area (Å²) < 4.78 is 5.48. The van der Waals surface area contributed by atoms with Crippen LogP contribution in [0.2, 0.25) is 0 Å². The van der Waals surface area contributed by atoms with Crippen molar-refractivity contribution in [1.29, 1.82) is 0 Å². The van der Waals surface area contributed by atoms with Crippen LogP contribution in [0.25, 0.3) is 0 Å². The Hall–Kier alpha value is -0.610. The van der Waals surface area contributed by atoms with E-state index in [1.54, 1.807) is 7.11 Å². The van der Waals surface area contributed by atoms with E-state index in [9.17, 15) is 4.79 Å². The molecule has 0 radical (unpaired) electrons. The number of ether oxygens (including phenoxy) is 1. The molecule has 2 atom stereocenters. The van der Waals surface area contributed by atoms with Crippen LogP contribution in [0.15, 0.2) is 0 Å². The molecule has 1 aliphatic carbocycles. The molecule has 0 bridgehead atoms. The highest BCUT2D eigenvalue weighted by atomic mass is 16.5. The van der Waals surface area contributed by atoms with Gasteiger partial charge in [0.25, 0.3) is 0 Å². The van der Waals surface area contributed by atoms with Crippen molar-refractivity contribution in [1.82, 2.24) is 10.6 Å². The van der Waals surface area contributed by atoms with Gasteiger partial charge in [-0.15, -0.1) is 0 Å². The molecule has 92 valence electrons. The lowest BCUT2D eigenvalue weighted by atomic mass is 9.80. The SMILES string of the molecule is COC1(CNC(=O)C2CCNC2C)CCC1. The molecule has 2 fully saturated rings. The quantitative estimate of drug-likeness (QED) is 0.741. The number of rotatable bonds is 4. The largest absolute Gasteiger partial charge is 0.376 e. The lowest BCUT2D eigenvalue weighted by Gasteiger charge is -2.40. The standard InChI is InChI=1S/C12H22N2O2/c1-9-10(4-7-13-9)11(15)14-8-12(16-2)5-3-6-12/h9-10,13H,3-8H2,1-2H3,(H,14,15). The van der Waals surface area contributed by atoms with Crippen molar-refractivity contribution in [2.24, 2.45) is 5.92 Å². The maximum atomic E-state index is 12.0. The van der Waals surface area contributed by atoms with Crippen LogP contribution in [0.3, 0.4) is 0 Å². The van der Waals surface area contributed by atoms with Gasteiger partial charge in [-0.25, -0.2) is 0 Å². The summed E-state index contributed by atoms with van der Waals surface area (Å²) in [5.41, 5.74) is -0.0646. The monoisotopic (exact) mass is 226 g/mol. The molecule has 0 aromatic rings. The van der Waals surface area contributed by atoms with Gasteiger partial charge in [0.2, 0.25) is 5.91 Å². The normalized spacial score (nSPS) is 32.1. The van der Waals surface area contributed by atoms with E-state index in [1.807, 2.05) is 0 Å². The van der Waals surface area contributed by atoms with Crippen LogP contribution < -0.4 is 10.6 Å². The van der Waals surface area contributed by atoms with Crippen LogP contribution >= 0.6 is 0 Å². The predicted octanol–water partition coefficient (Wildman–Crippen LogP) is 0.670. The van der Waals surface area contributed by atoms with Crippen molar-refractivity contribution in [2.75, 3.05) is 20.2 Å². The van der Waals surface area contributed by atoms with E-state index in [4.69, 9.17) is 4.74 Å². The third kappa shape index (κ3) is 2.23. The molecule has 4 nitrogen and oxygen atoms in total. The molecule has 1 heterocycles. The van der Waals surface area contributed by atoms with Gasteiger partial charge in [0.05, 0.1) is 11.5 Å². The van der Waals surface area contributed by atoms with Gasteiger partial charge in [0.1, 0.15) is 0 Å². The Kier molecular flexibility index (Phi) is 3.50. The van der Waals surface area contributed by atoms with Crippen LogP contribution in [-0.4, -0.2) is 37.7 Å². The maximum Gasteiger partial charge on any atom is 0.224 e. The Morgan fingerprint density at radius 2 is 2.31 bits per heavy atom. The first-order valence-corrected chi connectivity index (χ1v) is 6.23. The van der Waals surface area contributed by atoms with Gasteiger partial charge in [-0.05, 0) is 39.2 Å². The van der Waals surface area contributed by atoms with E-state index in [-0.39, 0.29) is 17.4 Å². The molecule has 1 saturated carbocycles. The van der Waals surface area contributed by atoms with Crippen molar-refractivity contribution < 1.29 is 9.53 Å². The fraction of sp³-hybridized carbons (Fsp3) is 0.917. The van der Waals surface area contributed by atoms with Crippen molar-refractivity contribution >= 4 is 5.91 Å². The van der Waals surface area contributed by atoms with Crippen molar-refractivity contribution in [3.63, 3.8) is 0 Å². The molecule has 16 heavy (non-hydrogen) atoms. The van der Waals surface area contributed by atoms with E-state index in [0.29, 0.717) is 12.6 Å². The van der Waals surface area contributed by atoms with E-state index in [0.717, 1.165) is 25.8 Å². The number of amides is 1. The summed E-state index contributed by atoms with van der Waals surface area (Å²) in [6, 6.07) is 0.305. The van der Waals surface area contributed by atoms with Crippen LogP contribution in [-0.2, 0) is 9.53 Å². The van der Waals surface area contributed by atoms with Crippen LogP contribution in [0, 0.1) is 5.92 Å². The zero-order valence-electron chi connectivity index (χ0n) is 10.2. The molecule has 1 aliphatic heterocycles. The van der Waals surface area contributed by atoms with Gasteiger partial charge in [-0.3, -0.25) is 4.79 Å². The molecule has 0 aromatic carbocycles. The van der Waals surface area contributed by atoms with Crippen LogP contribution in [0.5, 0.6) is 0 Å². The fourth-order valence-corrected chi connectivity index (χ4v) is 2.62. The number of hydrogen-bond acceptors (Lipinski definition) is 3. The van der Waals surface area contributed by atoms with E-state index < -0.39 is 0 Å². The number of carbonyl (C=O) groups is 1. The fourth-order valence-electron chi connectivity index (χ4n) is 2.62. The summed E-state index contributed by atoms with van der Waals surface area (Å²) in [7, 11) is 1.74. The first kappa shape index (κ1) is 11.9. The van der Waals surface area contributed by atoms with E-state index in [1.165, 1.54) is 6.42 Å². The van der Waals surface area contributed by atoms with Gasteiger partial charge >= 0.3 is 0 Å². The predicted molar refractivity (Wildman–Crippen MR) is 62.2 cm³/mol. The molecular formula is C12H22N2O2. The molecule has 4 heteroatoms. The maximum absolute atomic E-state index is 12.0. The second-order valence-electron chi connectivity index (χ2n) is 5.10. The summed E-state index contributed by atoms with van der Waals surface area (Å²) in [5, 5.41) is 6.34. The van der Waals surface area contributed by atoms with Gasteiger partial charge in [-0.1, -0.05) is 0 Å². The van der Waals surface area contributed by atoms with Gasteiger partial charge < -0.3 is 15.4 Å². The van der Waals surface area contributed by atoms with E-state index in [2.05, 4.69) is 17.6 Å². The zero-order valence-corrected chi connectivity index (χ0v) is 10.2. The van der Waals surface area contributed by atoms with Crippen LogP contribution in [0.1, 0.15) is 32.6 Å². The molecular weight excluding hydrogens is 204 g/mol. The van der Waals surface area contributed by atoms with Gasteiger partial charge in [0.15, 0.2) is 0 Å². The highest BCUT2D eigenvalue weighted by molar-refractivity contribution is 5.79. The summed E-state index contributed by atoms with van der Waals surface area (Å²) in [5.74, 6) is 0.315. The zero-order chi connectivity index (χ0) is 11.6. The van der Waals surface area contributed by atoms with Gasteiger partial charge in [-0.2, -0.15) is 0 Å². The number of carbonyl (C=O) groups excluding carboxylic acids is 1. The van der Waals surface area contributed by atoms with Crippen molar-refractivity contribution in [3.05, 3.63) is 0 Å². The molecule has 2 unspecified atom stereocenters. The lowest BCUT2D eigenvalue weighted by molar-refractivity contribution is -0.128. The first-order valence-electron chi connectivity index (χ1n) is 6.23. The Morgan fingerprint density at radius 1 is 1.56 bits per heavy atom. The Morgan fingerprint density at radius 3 is 2.75 bits per heavy atom. The molecule has 0 spiro atoms.